The molecule has 0 aliphatic rings. The van der Waals surface area contributed by atoms with E-state index in [1.807, 2.05) is 0 Å². The normalized spacial score (nSPS) is 10.8. The second kappa shape index (κ2) is 7.35. The zero-order valence-corrected chi connectivity index (χ0v) is 14.0. The van der Waals surface area contributed by atoms with Crippen LogP contribution in [-0.4, -0.2) is 32.4 Å². The molecule has 1 amide bonds. The summed E-state index contributed by atoms with van der Waals surface area (Å²) in [6.45, 7) is 0.687. The Kier molecular flexibility index (Phi) is 4.99. The van der Waals surface area contributed by atoms with Crippen molar-refractivity contribution in [2.75, 3.05) is 6.54 Å². The second-order valence-corrected chi connectivity index (χ2v) is 5.92. The van der Waals surface area contributed by atoms with Gasteiger partial charge >= 0.3 is 11.8 Å². The third-order valence-electron chi connectivity index (χ3n) is 3.18. The molecule has 1 aromatic carbocycles. The van der Waals surface area contributed by atoms with Gasteiger partial charge in [0.1, 0.15) is 12.4 Å². The molecule has 0 radical (unpaired) electrons. The standard InChI is InChI=1S/C15H13BrFN5O2/c16-11-7-19-22(8-11)9-13-20-15(24-21-13)14(23)18-6-5-10-1-3-12(17)4-2-10/h1-4,7-8H,5-6,9H2,(H,18,23). The van der Waals surface area contributed by atoms with Crippen LogP contribution in [0.1, 0.15) is 22.1 Å². The largest absolute Gasteiger partial charge is 0.347 e. The summed E-state index contributed by atoms with van der Waals surface area (Å²) in [6.07, 6.45) is 3.98. The van der Waals surface area contributed by atoms with Crippen molar-refractivity contribution in [2.24, 2.45) is 0 Å². The number of benzene rings is 1. The van der Waals surface area contributed by atoms with Gasteiger partial charge in [-0.25, -0.2) is 4.39 Å². The van der Waals surface area contributed by atoms with Gasteiger partial charge < -0.3 is 9.84 Å². The fourth-order valence-electron chi connectivity index (χ4n) is 2.03. The highest BCUT2D eigenvalue weighted by Gasteiger charge is 2.15. The lowest BCUT2D eigenvalue weighted by Gasteiger charge is -2.02. The number of carbonyl (C=O) groups is 1. The first kappa shape index (κ1) is 16.3. The van der Waals surface area contributed by atoms with Crippen LogP contribution < -0.4 is 5.32 Å². The second-order valence-electron chi connectivity index (χ2n) is 5.00. The van der Waals surface area contributed by atoms with E-state index >= 15 is 0 Å². The monoisotopic (exact) mass is 393 g/mol. The van der Waals surface area contributed by atoms with Crippen molar-refractivity contribution >= 4 is 21.8 Å². The molecule has 0 aliphatic carbocycles. The van der Waals surface area contributed by atoms with Gasteiger partial charge in [-0.1, -0.05) is 17.3 Å². The lowest BCUT2D eigenvalue weighted by atomic mass is 10.1. The Morgan fingerprint density at radius 3 is 2.83 bits per heavy atom. The van der Waals surface area contributed by atoms with Crippen molar-refractivity contribution in [3.05, 3.63) is 64.2 Å². The molecular formula is C15H13BrFN5O2. The van der Waals surface area contributed by atoms with Crippen molar-refractivity contribution in [1.82, 2.24) is 25.2 Å². The molecule has 2 aromatic heterocycles. The number of nitrogens with one attached hydrogen (secondary N) is 1. The minimum atomic E-state index is -0.447. The van der Waals surface area contributed by atoms with Crippen LogP contribution in [0.3, 0.4) is 0 Å². The zero-order valence-electron chi connectivity index (χ0n) is 12.4. The van der Waals surface area contributed by atoms with E-state index in [2.05, 4.69) is 36.5 Å². The van der Waals surface area contributed by atoms with Crippen LogP contribution in [0.15, 0.2) is 45.7 Å². The minimum absolute atomic E-state index is 0.102. The topological polar surface area (TPSA) is 85.8 Å². The summed E-state index contributed by atoms with van der Waals surface area (Å²) >= 11 is 3.29. The minimum Gasteiger partial charge on any atom is -0.347 e. The van der Waals surface area contributed by atoms with E-state index < -0.39 is 5.91 Å². The van der Waals surface area contributed by atoms with Crippen LogP contribution in [0.25, 0.3) is 0 Å². The summed E-state index contributed by atoms with van der Waals surface area (Å²) in [4.78, 5) is 16.0. The Bertz CT molecular complexity index is 831. The molecule has 2 heterocycles. The molecule has 0 aliphatic heterocycles. The first-order valence-electron chi connectivity index (χ1n) is 7.13. The van der Waals surface area contributed by atoms with E-state index in [0.717, 1.165) is 10.0 Å². The zero-order chi connectivity index (χ0) is 16.9. The number of carbonyl (C=O) groups excluding carboxylic acids is 1. The molecule has 3 rings (SSSR count). The maximum atomic E-state index is 12.8. The van der Waals surface area contributed by atoms with Crippen LogP contribution in [0.5, 0.6) is 0 Å². The van der Waals surface area contributed by atoms with Crippen molar-refractivity contribution < 1.29 is 13.7 Å². The highest BCUT2D eigenvalue weighted by atomic mass is 79.9. The predicted octanol–water partition coefficient (Wildman–Crippen LogP) is 2.19. The Morgan fingerprint density at radius 1 is 1.33 bits per heavy atom. The van der Waals surface area contributed by atoms with Crippen molar-refractivity contribution in [3.63, 3.8) is 0 Å². The molecule has 1 N–H and O–H groups in total. The fraction of sp³-hybridized carbons (Fsp3) is 0.200. The van der Waals surface area contributed by atoms with Gasteiger partial charge in [-0.3, -0.25) is 9.48 Å². The third kappa shape index (κ3) is 4.25. The summed E-state index contributed by atoms with van der Waals surface area (Å²) in [5, 5.41) is 10.5. The smallest absolute Gasteiger partial charge is 0.316 e. The molecule has 9 heteroatoms. The maximum Gasteiger partial charge on any atom is 0.316 e. The maximum absolute atomic E-state index is 12.8. The third-order valence-corrected chi connectivity index (χ3v) is 3.59. The van der Waals surface area contributed by atoms with E-state index in [1.165, 1.54) is 12.1 Å². The van der Waals surface area contributed by atoms with Crippen LogP contribution in [0.2, 0.25) is 0 Å². The quantitative estimate of drug-likeness (QED) is 0.693. The first-order chi connectivity index (χ1) is 11.6. The van der Waals surface area contributed by atoms with Gasteiger partial charge in [0.15, 0.2) is 5.82 Å². The van der Waals surface area contributed by atoms with E-state index in [1.54, 1.807) is 29.2 Å². The Hall–Kier alpha value is -2.55. The molecule has 0 saturated heterocycles. The number of rotatable bonds is 6. The number of nitrogens with zero attached hydrogens (tertiary/aromatic N) is 4. The van der Waals surface area contributed by atoms with Crippen molar-refractivity contribution in [3.8, 4) is 0 Å². The Morgan fingerprint density at radius 2 is 2.12 bits per heavy atom. The van der Waals surface area contributed by atoms with E-state index in [0.29, 0.717) is 25.3 Å². The van der Waals surface area contributed by atoms with Gasteiger partial charge in [0.2, 0.25) is 0 Å². The summed E-state index contributed by atoms with van der Waals surface area (Å²) in [6, 6.07) is 6.12. The van der Waals surface area contributed by atoms with Gasteiger partial charge in [0, 0.05) is 12.7 Å². The summed E-state index contributed by atoms with van der Waals surface area (Å²) in [7, 11) is 0. The van der Waals surface area contributed by atoms with Crippen LogP contribution in [-0.2, 0) is 13.0 Å². The molecule has 24 heavy (non-hydrogen) atoms. The van der Waals surface area contributed by atoms with Crippen molar-refractivity contribution in [2.45, 2.75) is 13.0 Å². The molecule has 0 bridgehead atoms. The first-order valence-corrected chi connectivity index (χ1v) is 7.92. The molecule has 0 fully saturated rings. The number of hydrogen-bond donors (Lipinski definition) is 1. The summed E-state index contributed by atoms with van der Waals surface area (Å²) < 4.78 is 20.2. The van der Waals surface area contributed by atoms with Crippen LogP contribution >= 0.6 is 15.9 Å². The highest BCUT2D eigenvalue weighted by Crippen LogP contribution is 2.08. The molecule has 0 atom stereocenters. The molecule has 0 unspecified atom stereocenters. The Balaban J connectivity index is 1.51. The summed E-state index contributed by atoms with van der Waals surface area (Å²) in [5.74, 6) is -0.479. The van der Waals surface area contributed by atoms with Gasteiger partial charge in [-0.2, -0.15) is 10.1 Å². The van der Waals surface area contributed by atoms with Gasteiger partial charge in [0.25, 0.3) is 0 Å². The van der Waals surface area contributed by atoms with Crippen LogP contribution in [0, 0.1) is 5.82 Å². The molecule has 0 saturated carbocycles. The van der Waals surface area contributed by atoms with Crippen molar-refractivity contribution in [1.29, 1.82) is 0 Å². The predicted molar refractivity (Wildman–Crippen MR) is 85.8 cm³/mol. The number of hydrogen-bond acceptors (Lipinski definition) is 5. The van der Waals surface area contributed by atoms with Gasteiger partial charge in [-0.05, 0) is 40.0 Å². The van der Waals surface area contributed by atoms with E-state index in [9.17, 15) is 9.18 Å². The van der Waals surface area contributed by atoms with Gasteiger partial charge in [-0.15, -0.1) is 0 Å². The molecule has 3 aromatic rings. The SMILES string of the molecule is O=C(NCCc1ccc(F)cc1)c1nc(Cn2cc(Br)cn2)no1. The molecular weight excluding hydrogens is 381 g/mol. The Labute approximate surface area is 145 Å². The summed E-state index contributed by atoms with van der Waals surface area (Å²) in [5.41, 5.74) is 0.923. The van der Waals surface area contributed by atoms with E-state index in [-0.39, 0.29) is 11.7 Å². The van der Waals surface area contributed by atoms with Gasteiger partial charge in [0.05, 0.1) is 10.7 Å². The molecule has 0 spiro atoms. The van der Waals surface area contributed by atoms with Crippen LogP contribution in [0.4, 0.5) is 4.39 Å². The number of aromatic nitrogens is 4. The lowest BCUT2D eigenvalue weighted by molar-refractivity contribution is 0.0910. The van der Waals surface area contributed by atoms with E-state index in [4.69, 9.17) is 4.52 Å². The highest BCUT2D eigenvalue weighted by molar-refractivity contribution is 9.10. The number of halogens is 2. The lowest BCUT2D eigenvalue weighted by Crippen LogP contribution is -2.26. The average molecular weight is 394 g/mol. The molecule has 124 valence electrons. The number of amides is 1. The fourth-order valence-corrected chi connectivity index (χ4v) is 2.36. The molecule has 7 nitrogen and oxygen atoms in total. The average Bonchev–Trinajstić information content (AvgIpc) is 3.19.